The summed E-state index contributed by atoms with van der Waals surface area (Å²) in [4.78, 5) is 12.7. The number of rotatable bonds is 4. The van der Waals surface area contributed by atoms with E-state index >= 15 is 0 Å². The third kappa shape index (κ3) is 3.88. The molecule has 0 radical (unpaired) electrons. The highest BCUT2D eigenvalue weighted by Crippen LogP contribution is 2.35. The lowest BCUT2D eigenvalue weighted by Gasteiger charge is -2.36. The monoisotopic (exact) mass is 345 g/mol. The van der Waals surface area contributed by atoms with Gasteiger partial charge >= 0.3 is 0 Å². The minimum atomic E-state index is -0.152. The van der Waals surface area contributed by atoms with Crippen LogP contribution in [0.25, 0.3) is 5.70 Å². The summed E-state index contributed by atoms with van der Waals surface area (Å²) in [5.41, 5.74) is 3.52. The van der Waals surface area contributed by atoms with Gasteiger partial charge < -0.3 is 19.9 Å². The molecule has 0 unspecified atom stereocenters. The molecule has 0 amide bonds. The third-order valence-electron chi connectivity index (χ3n) is 4.98. The maximum absolute atomic E-state index is 12.7. The summed E-state index contributed by atoms with van der Waals surface area (Å²) in [5.74, 6) is 0.872. The molecule has 1 aromatic rings. The molecule has 5 heteroatoms. The van der Waals surface area contributed by atoms with Crippen LogP contribution >= 0.6 is 0 Å². The summed E-state index contributed by atoms with van der Waals surface area (Å²) in [6.45, 7) is 5.45. The van der Waals surface area contributed by atoms with Crippen molar-refractivity contribution in [1.29, 1.82) is 0 Å². The molecule has 0 atom stereocenters. The fraction of sp³-hybridized carbons (Fsp3) is 0.550. The zero-order chi connectivity index (χ0) is 18.0. The lowest BCUT2D eigenvalue weighted by molar-refractivity contribution is -0.120. The minimum Gasteiger partial charge on any atom is -0.496 e. The van der Waals surface area contributed by atoms with Crippen LogP contribution < -0.4 is 10.1 Å². The van der Waals surface area contributed by atoms with Gasteiger partial charge in [-0.25, -0.2) is 0 Å². The Morgan fingerprint density at radius 1 is 1.40 bits per heavy atom. The second-order valence-electron chi connectivity index (χ2n) is 7.51. The molecule has 1 aromatic carbocycles. The molecule has 136 valence electrons. The van der Waals surface area contributed by atoms with E-state index in [-0.39, 0.29) is 23.8 Å². The fourth-order valence-electron chi connectivity index (χ4n) is 3.69. The normalized spacial score (nSPS) is 21.5. The molecule has 2 aliphatic rings. The van der Waals surface area contributed by atoms with Crippen molar-refractivity contribution < 1.29 is 19.4 Å². The lowest BCUT2D eigenvalue weighted by Crippen LogP contribution is -2.44. The summed E-state index contributed by atoms with van der Waals surface area (Å²) >= 11 is 0. The van der Waals surface area contributed by atoms with Crippen LogP contribution in [0.3, 0.4) is 0 Å². The maximum Gasteiger partial charge on any atom is 0.161 e. The Morgan fingerprint density at radius 3 is 2.76 bits per heavy atom. The molecule has 0 bridgehead atoms. The largest absolute Gasteiger partial charge is 0.496 e. The van der Waals surface area contributed by atoms with Gasteiger partial charge in [-0.05, 0) is 50.8 Å². The smallest absolute Gasteiger partial charge is 0.161 e. The molecule has 25 heavy (non-hydrogen) atoms. The van der Waals surface area contributed by atoms with Crippen molar-refractivity contribution >= 4 is 11.5 Å². The number of nitrogens with one attached hydrogen (secondary N) is 1. The Labute approximate surface area is 149 Å². The van der Waals surface area contributed by atoms with Gasteiger partial charge in [-0.2, -0.15) is 0 Å². The first-order valence-electron chi connectivity index (χ1n) is 8.86. The van der Waals surface area contributed by atoms with Crippen LogP contribution in [0.1, 0.15) is 43.4 Å². The molecule has 2 aliphatic heterocycles. The second kappa shape index (κ2) is 7.18. The highest BCUT2D eigenvalue weighted by molar-refractivity contribution is 5.98. The summed E-state index contributed by atoms with van der Waals surface area (Å²) in [5, 5.41) is 13.1. The Bertz CT molecular complexity index is 687. The molecule has 0 aliphatic carbocycles. The van der Waals surface area contributed by atoms with Crippen molar-refractivity contribution in [2.24, 2.45) is 5.92 Å². The summed E-state index contributed by atoms with van der Waals surface area (Å²) in [6, 6.07) is 3.91. The first kappa shape index (κ1) is 18.0. The van der Waals surface area contributed by atoms with Crippen LogP contribution in [0.2, 0.25) is 0 Å². The highest BCUT2D eigenvalue weighted by atomic mass is 16.5. The van der Waals surface area contributed by atoms with E-state index in [4.69, 9.17) is 9.47 Å². The number of benzene rings is 1. The number of methoxy groups -OCH3 is 1. The van der Waals surface area contributed by atoms with E-state index in [1.807, 2.05) is 12.1 Å². The van der Waals surface area contributed by atoms with Crippen LogP contribution in [-0.2, 0) is 22.6 Å². The van der Waals surface area contributed by atoms with Crippen molar-refractivity contribution in [2.45, 2.75) is 45.3 Å². The van der Waals surface area contributed by atoms with Crippen molar-refractivity contribution in [3.05, 3.63) is 34.9 Å². The van der Waals surface area contributed by atoms with E-state index in [0.29, 0.717) is 19.0 Å². The molecule has 0 saturated carbocycles. The quantitative estimate of drug-likeness (QED) is 0.821. The molecule has 1 fully saturated rings. The number of ketones is 1. The molecule has 0 spiro atoms. The van der Waals surface area contributed by atoms with Crippen molar-refractivity contribution in [3.8, 4) is 5.75 Å². The van der Waals surface area contributed by atoms with Crippen LogP contribution in [0.5, 0.6) is 5.75 Å². The molecule has 2 N–H and O–H groups in total. The predicted molar refractivity (Wildman–Crippen MR) is 96.4 cm³/mol. The summed E-state index contributed by atoms with van der Waals surface area (Å²) in [7, 11) is 1.61. The molecule has 5 nitrogen and oxygen atoms in total. The van der Waals surface area contributed by atoms with Crippen LogP contribution in [0.15, 0.2) is 18.2 Å². The Morgan fingerprint density at radius 2 is 2.12 bits per heavy atom. The van der Waals surface area contributed by atoms with Crippen LogP contribution in [0.4, 0.5) is 0 Å². The second-order valence-corrected chi connectivity index (χ2v) is 7.51. The molecular formula is C20H27NO4. The number of aliphatic hydroxyl groups excluding tert-OH is 1. The third-order valence-corrected chi connectivity index (χ3v) is 4.98. The van der Waals surface area contributed by atoms with Gasteiger partial charge in [0.1, 0.15) is 5.75 Å². The number of carbonyl (C=O) groups excluding carboxylic acids is 1. The standard InChI is InChI=1S/C20H27NO4/c1-20(2)11-14-9-19(24-3)15(12-22)8-16(14)17(21-20)10-18(23)13-4-6-25-7-5-13/h8-10,13,21-22H,4-7,11-12H2,1-3H3. The van der Waals surface area contributed by atoms with Crippen LogP contribution in [-0.4, -0.2) is 36.8 Å². The van der Waals surface area contributed by atoms with Gasteiger partial charge in [0.05, 0.1) is 13.7 Å². The van der Waals surface area contributed by atoms with Gasteiger partial charge in [0.15, 0.2) is 5.78 Å². The Hall–Kier alpha value is -1.85. The van der Waals surface area contributed by atoms with Gasteiger partial charge in [-0.15, -0.1) is 0 Å². The van der Waals surface area contributed by atoms with Crippen molar-refractivity contribution in [1.82, 2.24) is 5.32 Å². The first-order chi connectivity index (χ1) is 11.9. The maximum atomic E-state index is 12.7. The van der Waals surface area contributed by atoms with Gasteiger partial charge in [0.2, 0.25) is 0 Å². The molecule has 3 rings (SSSR count). The molecule has 2 heterocycles. The minimum absolute atomic E-state index is 0.0344. The number of fused-ring (bicyclic) bond motifs is 1. The van der Waals surface area contributed by atoms with Crippen LogP contribution in [0, 0.1) is 5.92 Å². The average molecular weight is 345 g/mol. The Balaban J connectivity index is 1.99. The number of allylic oxidation sites excluding steroid dienone is 1. The van der Waals surface area contributed by atoms with Gasteiger partial charge in [0, 0.05) is 47.6 Å². The van der Waals surface area contributed by atoms with E-state index in [1.54, 1.807) is 13.2 Å². The number of carbonyl (C=O) groups is 1. The number of hydrogen-bond donors (Lipinski definition) is 2. The van der Waals surface area contributed by atoms with E-state index in [1.165, 1.54) is 0 Å². The number of hydrogen-bond acceptors (Lipinski definition) is 5. The zero-order valence-corrected chi connectivity index (χ0v) is 15.2. The van der Waals surface area contributed by atoms with Crippen molar-refractivity contribution in [3.63, 3.8) is 0 Å². The van der Waals surface area contributed by atoms with Gasteiger partial charge in [0.25, 0.3) is 0 Å². The van der Waals surface area contributed by atoms with Gasteiger partial charge in [-0.1, -0.05) is 0 Å². The SMILES string of the molecule is COc1cc2c(cc1CO)C(=CC(=O)C1CCOCC1)NC(C)(C)C2. The molecule has 0 aromatic heterocycles. The lowest BCUT2D eigenvalue weighted by atomic mass is 9.84. The number of aliphatic hydroxyl groups is 1. The molecular weight excluding hydrogens is 318 g/mol. The highest BCUT2D eigenvalue weighted by Gasteiger charge is 2.30. The summed E-state index contributed by atoms with van der Waals surface area (Å²) in [6.07, 6.45) is 4.13. The van der Waals surface area contributed by atoms with E-state index < -0.39 is 0 Å². The number of ether oxygens (including phenoxy) is 2. The topological polar surface area (TPSA) is 67.8 Å². The Kier molecular flexibility index (Phi) is 5.16. The fourth-order valence-corrected chi connectivity index (χ4v) is 3.69. The van der Waals surface area contributed by atoms with E-state index in [2.05, 4.69) is 19.2 Å². The molecule has 1 saturated heterocycles. The van der Waals surface area contributed by atoms with Gasteiger partial charge in [-0.3, -0.25) is 4.79 Å². The van der Waals surface area contributed by atoms with Crippen molar-refractivity contribution in [2.75, 3.05) is 20.3 Å². The average Bonchev–Trinajstić information content (AvgIpc) is 2.60. The summed E-state index contributed by atoms with van der Waals surface area (Å²) < 4.78 is 10.8. The first-order valence-corrected chi connectivity index (χ1v) is 8.86. The zero-order valence-electron chi connectivity index (χ0n) is 15.2. The van der Waals surface area contributed by atoms with E-state index in [9.17, 15) is 9.90 Å². The van der Waals surface area contributed by atoms with E-state index in [0.717, 1.165) is 41.6 Å². The predicted octanol–water partition coefficient (Wildman–Crippen LogP) is 2.45.